The van der Waals surface area contributed by atoms with Crippen LogP contribution in [0.4, 0.5) is 0 Å². The van der Waals surface area contributed by atoms with Crippen molar-refractivity contribution in [2.75, 3.05) is 47.5 Å². The third kappa shape index (κ3) is 55.7. The smallest absolute Gasteiger partial charge is 0.306 e. The summed E-state index contributed by atoms with van der Waals surface area (Å²) in [4.78, 5) is 37.8. The number of phosphoric ester groups is 1. The minimum absolute atomic E-state index is 0.0448. The van der Waals surface area contributed by atoms with Gasteiger partial charge >= 0.3 is 11.9 Å². The van der Waals surface area contributed by atoms with Gasteiger partial charge in [0.2, 0.25) is 0 Å². The molecule has 410 valence electrons. The van der Waals surface area contributed by atoms with Crippen LogP contribution in [0.3, 0.4) is 0 Å². The van der Waals surface area contributed by atoms with Crippen LogP contribution in [0.5, 0.6) is 0 Å². The minimum Gasteiger partial charge on any atom is -0.756 e. The first kappa shape index (κ1) is 68.4. The number of allylic oxidation sites excluding steroid dienone is 20. The largest absolute Gasteiger partial charge is 0.756 e. The molecule has 72 heavy (non-hydrogen) atoms. The summed E-state index contributed by atoms with van der Waals surface area (Å²) in [6.45, 7) is 4.06. The van der Waals surface area contributed by atoms with E-state index in [2.05, 4.69) is 135 Å². The van der Waals surface area contributed by atoms with Gasteiger partial charge in [0.15, 0.2) is 6.10 Å². The zero-order valence-corrected chi connectivity index (χ0v) is 47.2. The van der Waals surface area contributed by atoms with E-state index in [0.717, 1.165) is 96.3 Å². The number of hydrogen-bond donors (Lipinski definition) is 0. The predicted octanol–water partition coefficient (Wildman–Crippen LogP) is 17.0. The fraction of sp³-hybridized carbons (Fsp3) is 0.645. The molecule has 10 heteroatoms. The molecule has 0 saturated heterocycles. The van der Waals surface area contributed by atoms with E-state index < -0.39 is 32.5 Å². The number of rotatable bonds is 50. The third-order valence-corrected chi connectivity index (χ3v) is 12.5. The molecule has 0 aromatic rings. The molecule has 2 atom stereocenters. The predicted molar refractivity (Wildman–Crippen MR) is 305 cm³/mol. The summed E-state index contributed by atoms with van der Waals surface area (Å²) in [5, 5.41) is 0. The topological polar surface area (TPSA) is 111 Å². The van der Waals surface area contributed by atoms with Crippen LogP contribution in [0.1, 0.15) is 206 Å². The third-order valence-electron chi connectivity index (χ3n) is 11.5. The lowest BCUT2D eigenvalue weighted by atomic mass is 10.0. The maximum atomic E-state index is 12.8. The summed E-state index contributed by atoms with van der Waals surface area (Å²) >= 11 is 0. The molecule has 0 aliphatic carbocycles. The molecular formula is C62H104NO8P. The molecule has 0 aliphatic rings. The monoisotopic (exact) mass is 1020 g/mol. The highest BCUT2D eigenvalue weighted by molar-refractivity contribution is 7.45. The summed E-state index contributed by atoms with van der Waals surface area (Å²) in [6.07, 6.45) is 73.9. The summed E-state index contributed by atoms with van der Waals surface area (Å²) < 4.78 is 34.0. The van der Waals surface area contributed by atoms with Crippen LogP contribution in [0.2, 0.25) is 0 Å². The molecule has 9 nitrogen and oxygen atoms in total. The maximum Gasteiger partial charge on any atom is 0.306 e. The van der Waals surface area contributed by atoms with Gasteiger partial charge in [-0.2, -0.15) is 0 Å². The van der Waals surface area contributed by atoms with E-state index in [1.807, 2.05) is 21.1 Å². The van der Waals surface area contributed by atoms with Crippen molar-refractivity contribution in [2.45, 2.75) is 213 Å². The molecule has 0 radical (unpaired) electrons. The molecule has 0 N–H and O–H groups in total. The first-order valence-electron chi connectivity index (χ1n) is 28.2. The van der Waals surface area contributed by atoms with Gasteiger partial charge in [0.05, 0.1) is 27.7 Å². The zero-order valence-electron chi connectivity index (χ0n) is 46.3. The number of esters is 2. The Morgan fingerprint density at radius 3 is 1.18 bits per heavy atom. The average Bonchev–Trinajstić information content (AvgIpc) is 3.34. The molecule has 0 bridgehead atoms. The molecule has 0 spiro atoms. The Kier molecular flexibility index (Phi) is 49.7. The fourth-order valence-corrected chi connectivity index (χ4v) is 7.88. The van der Waals surface area contributed by atoms with E-state index in [1.165, 1.54) is 77.0 Å². The van der Waals surface area contributed by atoms with Crippen LogP contribution in [-0.2, 0) is 32.7 Å². The number of nitrogens with zero attached hydrogens (tertiary/aromatic N) is 1. The van der Waals surface area contributed by atoms with Crippen molar-refractivity contribution in [1.29, 1.82) is 0 Å². The van der Waals surface area contributed by atoms with Crippen molar-refractivity contribution in [2.24, 2.45) is 0 Å². The molecule has 0 saturated carbocycles. The Hall–Kier alpha value is -3.59. The number of carbonyl (C=O) groups excluding carboxylic acids is 2. The van der Waals surface area contributed by atoms with Crippen molar-refractivity contribution in [3.05, 3.63) is 122 Å². The van der Waals surface area contributed by atoms with Gasteiger partial charge in [-0.1, -0.05) is 225 Å². The molecule has 0 amide bonds. The molecular weight excluding hydrogens is 918 g/mol. The van der Waals surface area contributed by atoms with Crippen LogP contribution < -0.4 is 4.89 Å². The summed E-state index contributed by atoms with van der Waals surface area (Å²) in [5.74, 6) is -0.890. The van der Waals surface area contributed by atoms with Crippen LogP contribution in [-0.4, -0.2) is 70.0 Å². The van der Waals surface area contributed by atoms with Gasteiger partial charge in [0.25, 0.3) is 7.82 Å². The van der Waals surface area contributed by atoms with Crippen LogP contribution in [0.25, 0.3) is 0 Å². The first-order valence-corrected chi connectivity index (χ1v) is 29.7. The first-order chi connectivity index (χ1) is 35.0. The van der Waals surface area contributed by atoms with E-state index in [9.17, 15) is 19.0 Å². The zero-order chi connectivity index (χ0) is 52.7. The number of carbonyl (C=O) groups is 2. The second-order valence-electron chi connectivity index (χ2n) is 19.6. The summed E-state index contributed by atoms with van der Waals surface area (Å²) in [7, 11) is 1.12. The van der Waals surface area contributed by atoms with Gasteiger partial charge < -0.3 is 27.9 Å². The summed E-state index contributed by atoms with van der Waals surface area (Å²) in [6, 6.07) is 0. The number of likely N-dealkylation sites (N-methyl/N-ethyl adjacent to an activating group) is 1. The van der Waals surface area contributed by atoms with E-state index >= 15 is 0 Å². The summed E-state index contributed by atoms with van der Waals surface area (Å²) in [5.41, 5.74) is 0. The van der Waals surface area contributed by atoms with E-state index in [-0.39, 0.29) is 26.1 Å². The fourth-order valence-electron chi connectivity index (χ4n) is 7.15. The van der Waals surface area contributed by atoms with Gasteiger partial charge in [0.1, 0.15) is 19.8 Å². The van der Waals surface area contributed by atoms with Crippen molar-refractivity contribution >= 4 is 19.8 Å². The standard InChI is InChI=1S/C62H104NO8P/c1-6-8-10-12-14-16-18-20-22-23-24-25-26-27-28-29-30-31-32-33-34-35-36-37-38-39-41-43-45-47-49-51-53-55-62(65)71-60(59-70-72(66,67)69-57-56-63(3,4)5)58-68-61(64)54-52-50-48-46-44-42-40-21-19-17-15-13-11-9-7-2/h8,10,14,16,20,22,24-25,27-28,30-31,33-34,36-37,39,41,45,47,60H,6-7,9,11-13,15,17-19,21,23,26,29,32,35,38,40,42-44,46,48-59H2,1-5H3/b10-8-,16-14-,22-20-,25-24-,28-27-,31-30-,34-33-,37-36-,41-39-,47-45-. The molecule has 0 aromatic carbocycles. The Balaban J connectivity index is 4.29. The molecule has 0 heterocycles. The quantitative estimate of drug-likeness (QED) is 0.0195. The van der Waals surface area contributed by atoms with Crippen molar-refractivity contribution in [3.63, 3.8) is 0 Å². The Morgan fingerprint density at radius 2 is 0.792 bits per heavy atom. The van der Waals surface area contributed by atoms with Crippen molar-refractivity contribution in [3.8, 4) is 0 Å². The van der Waals surface area contributed by atoms with Crippen LogP contribution >= 0.6 is 7.82 Å². The number of hydrogen-bond acceptors (Lipinski definition) is 8. The normalized spacial score (nSPS) is 14.2. The SMILES string of the molecule is CC/C=C\C/C=C\C/C=C\C/C=C\C/C=C\C/C=C\C/C=C\C/C=C\C/C=C\C/C=C\CCCCC(=O)OC(COC(=O)CCCCCCCCCCCCCCCCC)COP(=O)([O-])OCC[N+](C)(C)C. The van der Waals surface area contributed by atoms with E-state index in [0.29, 0.717) is 17.4 Å². The van der Waals surface area contributed by atoms with Crippen LogP contribution in [0, 0.1) is 0 Å². The van der Waals surface area contributed by atoms with Crippen LogP contribution in [0.15, 0.2) is 122 Å². The number of unbranched alkanes of at least 4 members (excludes halogenated alkanes) is 16. The molecule has 0 rings (SSSR count). The van der Waals surface area contributed by atoms with Crippen molar-refractivity contribution < 1.29 is 42.1 Å². The number of ether oxygens (including phenoxy) is 2. The lowest BCUT2D eigenvalue weighted by Gasteiger charge is -2.28. The average molecular weight is 1020 g/mol. The maximum absolute atomic E-state index is 12.8. The van der Waals surface area contributed by atoms with Gasteiger partial charge in [0, 0.05) is 12.8 Å². The molecule has 0 fully saturated rings. The minimum atomic E-state index is -4.65. The number of phosphoric acid groups is 1. The van der Waals surface area contributed by atoms with Gasteiger partial charge in [-0.25, -0.2) is 0 Å². The van der Waals surface area contributed by atoms with Gasteiger partial charge in [-0.05, 0) is 89.9 Å². The lowest BCUT2D eigenvalue weighted by molar-refractivity contribution is -0.870. The Morgan fingerprint density at radius 1 is 0.444 bits per heavy atom. The molecule has 0 aliphatic heterocycles. The highest BCUT2D eigenvalue weighted by Crippen LogP contribution is 2.38. The lowest BCUT2D eigenvalue weighted by Crippen LogP contribution is -2.37. The Bertz CT molecular complexity index is 1630. The molecule has 2 unspecified atom stereocenters. The van der Waals surface area contributed by atoms with E-state index in [4.69, 9.17) is 18.5 Å². The highest BCUT2D eigenvalue weighted by Gasteiger charge is 2.21. The van der Waals surface area contributed by atoms with Gasteiger partial charge in [-0.15, -0.1) is 0 Å². The second kappa shape index (κ2) is 52.3. The number of quaternary nitrogens is 1. The van der Waals surface area contributed by atoms with E-state index in [1.54, 1.807) is 0 Å². The molecule has 0 aromatic heterocycles. The van der Waals surface area contributed by atoms with Crippen molar-refractivity contribution in [1.82, 2.24) is 0 Å². The highest BCUT2D eigenvalue weighted by atomic mass is 31.2. The Labute approximate surface area is 441 Å². The second-order valence-corrected chi connectivity index (χ2v) is 21.0. The van der Waals surface area contributed by atoms with Gasteiger partial charge in [-0.3, -0.25) is 14.2 Å².